The number of nitrogens with zero attached hydrogens (tertiary/aromatic N) is 1. The predicted octanol–water partition coefficient (Wildman–Crippen LogP) is 14.0. The minimum atomic E-state index is -2.28. The summed E-state index contributed by atoms with van der Waals surface area (Å²) < 4.78 is 58.7. The Bertz CT molecular complexity index is 3690. The van der Waals surface area contributed by atoms with E-state index in [9.17, 15) is 29.1 Å². The zero-order valence-corrected chi connectivity index (χ0v) is 63.9. The van der Waals surface area contributed by atoms with Gasteiger partial charge in [0, 0.05) is 50.1 Å². The summed E-state index contributed by atoms with van der Waals surface area (Å²) in [6.07, 6.45) is 1.85. The van der Waals surface area contributed by atoms with Gasteiger partial charge in [-0.15, -0.1) is 0 Å². The lowest BCUT2D eigenvalue weighted by atomic mass is 9.44. The zero-order chi connectivity index (χ0) is 74.9. The topological polar surface area (TPSA) is 238 Å². The molecule has 3 aliphatic carbocycles. The van der Waals surface area contributed by atoms with Crippen LogP contribution in [0.4, 0.5) is 0 Å². The van der Waals surface area contributed by atoms with Crippen LogP contribution in [-0.2, 0) is 86.3 Å². The van der Waals surface area contributed by atoms with Crippen LogP contribution in [-0.4, -0.2) is 132 Å². The van der Waals surface area contributed by atoms with Crippen molar-refractivity contribution in [2.75, 3.05) is 27.2 Å². The maximum atomic E-state index is 16.6. The highest BCUT2D eigenvalue weighted by Crippen LogP contribution is 2.65. The van der Waals surface area contributed by atoms with E-state index in [0.29, 0.717) is 28.4 Å². The number of nitrogens with one attached hydrogen (secondary N) is 1. The minimum absolute atomic E-state index is 0.0759. The number of fused-ring (bicyclic) bond motifs is 6. The molecular formula is C84H114N2O17. The Morgan fingerprint density at radius 2 is 1.31 bits per heavy atom. The van der Waals surface area contributed by atoms with Crippen molar-refractivity contribution in [3.8, 4) is 11.5 Å². The lowest BCUT2D eigenvalue weighted by Crippen LogP contribution is -2.82. The number of esters is 6. The molecule has 2 N–H and O–H groups in total. The van der Waals surface area contributed by atoms with Crippen LogP contribution >= 0.6 is 0 Å². The van der Waals surface area contributed by atoms with Crippen molar-refractivity contribution in [1.29, 1.82) is 0 Å². The number of benzene rings is 4. The molecule has 0 aromatic heterocycles. The molecule has 103 heavy (non-hydrogen) atoms. The molecule has 1 unspecified atom stereocenters. The monoisotopic (exact) mass is 1420 g/mol. The Balaban J connectivity index is 1.02. The van der Waals surface area contributed by atoms with Crippen molar-refractivity contribution in [2.45, 2.75) is 266 Å². The molecule has 4 aromatic rings. The summed E-state index contributed by atoms with van der Waals surface area (Å²) in [5.41, 5.74) is -2.13. The molecule has 9 rings (SSSR count). The Kier molecular flexibility index (Phi) is 26.2. The number of rotatable bonds is 32. The van der Waals surface area contributed by atoms with Gasteiger partial charge in [-0.2, -0.15) is 0 Å². The first-order valence-electron chi connectivity index (χ1n) is 37.4. The van der Waals surface area contributed by atoms with Gasteiger partial charge in [-0.25, -0.2) is 4.79 Å². The molecule has 1 saturated heterocycles. The fourth-order valence-electron chi connectivity index (χ4n) is 17.0. The number of Topliss-reactive ketones (excluding diaryl/α,β-unsaturated/α-hetero) is 1. The third kappa shape index (κ3) is 18.0. The molecule has 0 spiro atoms. The van der Waals surface area contributed by atoms with E-state index in [4.69, 9.17) is 42.6 Å². The van der Waals surface area contributed by atoms with Crippen molar-refractivity contribution in [3.63, 3.8) is 0 Å². The van der Waals surface area contributed by atoms with Gasteiger partial charge < -0.3 is 53.1 Å². The first-order chi connectivity index (χ1) is 48.7. The number of ketones is 1. The summed E-state index contributed by atoms with van der Waals surface area (Å²) in [6, 6.07) is 26.3. The highest BCUT2D eigenvalue weighted by molar-refractivity contribution is 5.95. The highest BCUT2D eigenvalue weighted by Gasteiger charge is 2.78. The smallest absolute Gasteiger partial charge is 0.350 e. The molecule has 14 atom stereocenters. The molecule has 0 amide bonds. The van der Waals surface area contributed by atoms with Crippen LogP contribution in [0.15, 0.2) is 102 Å². The molecule has 2 aliphatic heterocycles. The van der Waals surface area contributed by atoms with Gasteiger partial charge in [0.15, 0.2) is 17.5 Å². The first-order valence-corrected chi connectivity index (χ1v) is 37.4. The van der Waals surface area contributed by atoms with E-state index < -0.39 is 137 Å². The fourth-order valence-corrected chi connectivity index (χ4v) is 17.0. The van der Waals surface area contributed by atoms with Gasteiger partial charge in [-0.3, -0.25) is 33.7 Å². The van der Waals surface area contributed by atoms with Crippen molar-refractivity contribution in [1.82, 2.24) is 10.2 Å². The number of hydrogen-bond acceptors (Lipinski definition) is 19. The molecule has 2 saturated carbocycles. The Morgan fingerprint density at radius 3 is 1.90 bits per heavy atom. The standard InChI is InChI=1S/C84H114N2O17/c1-51(2)29-26-30-52(3)31-27-32-53(4)33-28-43-81(13)44-42-63-54(5)55(6)72(57(8)73(63)103-81)100-67(89)40-41-68(90)101-75(71(62-38-24-19-25-39-62)85-47-60-34-20-17-21-35-60)79(93)98-64-46-84(94)78(95-49-61-36-22-18-23-37-61)76-82(14,77(92)74(97-58(9)87)70(56(64)7)80(84,11)12)65(99-69(91)48-86(15)16)45-66-83(76,50-96-66)102-59(10)88/h17-25,34-39,51-53,64-66,71,74-76,78,85,94H,26-33,40-50H2,1-16H3/t52-,53-,64-,65-,66+,71-,74+,75+,76-,78-,81?,82+,83-,84+/m0/s1. The number of hydrogen-bond donors (Lipinski definition) is 2. The largest absolute Gasteiger partial charge is 0.487 e. The van der Waals surface area contributed by atoms with Gasteiger partial charge in [-0.1, -0.05) is 177 Å². The van der Waals surface area contributed by atoms with E-state index in [1.165, 1.54) is 45.4 Å². The average Bonchev–Trinajstić information content (AvgIpc) is 0.668. The van der Waals surface area contributed by atoms with Crippen LogP contribution in [0.5, 0.6) is 11.5 Å². The van der Waals surface area contributed by atoms with Crippen molar-refractivity contribution in [3.05, 3.63) is 141 Å². The summed E-state index contributed by atoms with van der Waals surface area (Å²) in [5, 5.41) is 18.0. The fraction of sp³-hybridized carbons (Fsp3) is 0.607. The Labute approximate surface area is 610 Å². The highest BCUT2D eigenvalue weighted by atomic mass is 16.6. The van der Waals surface area contributed by atoms with Gasteiger partial charge in [0.05, 0.1) is 50.2 Å². The van der Waals surface area contributed by atoms with Crippen molar-refractivity contribution < 1.29 is 81.3 Å². The summed E-state index contributed by atoms with van der Waals surface area (Å²) in [4.78, 5) is 104. The molecule has 0 radical (unpaired) electrons. The number of carbonyl (C=O) groups is 7. The summed E-state index contributed by atoms with van der Waals surface area (Å²) >= 11 is 0. The van der Waals surface area contributed by atoms with E-state index in [1.54, 1.807) is 77.0 Å². The van der Waals surface area contributed by atoms with Gasteiger partial charge in [0.1, 0.15) is 41.0 Å². The van der Waals surface area contributed by atoms with Crippen LogP contribution < -0.4 is 14.8 Å². The van der Waals surface area contributed by atoms with Crippen LogP contribution in [0.1, 0.15) is 211 Å². The van der Waals surface area contributed by atoms with Crippen LogP contribution in [0.25, 0.3) is 0 Å². The van der Waals surface area contributed by atoms with Crippen molar-refractivity contribution >= 4 is 41.6 Å². The molecule has 2 bridgehead atoms. The Hall–Kier alpha value is -7.29. The molecule has 4 aromatic carbocycles. The second kappa shape index (κ2) is 33.9. The molecule has 562 valence electrons. The third-order valence-electron chi connectivity index (χ3n) is 23.1. The normalized spacial score (nSPS) is 26.7. The molecule has 3 fully saturated rings. The Morgan fingerprint density at radius 1 is 0.709 bits per heavy atom. The van der Waals surface area contributed by atoms with Crippen molar-refractivity contribution in [2.24, 2.45) is 34.5 Å². The lowest BCUT2D eigenvalue weighted by molar-refractivity contribution is -0.352. The minimum Gasteiger partial charge on any atom is -0.487 e. The summed E-state index contributed by atoms with van der Waals surface area (Å²) in [7, 11) is 3.37. The number of aliphatic hydroxyl groups is 1. The third-order valence-corrected chi connectivity index (χ3v) is 23.1. The zero-order valence-electron chi connectivity index (χ0n) is 63.9. The van der Waals surface area contributed by atoms with Gasteiger partial charge in [-0.05, 0) is 144 Å². The number of carbonyl (C=O) groups excluding carboxylic acids is 7. The lowest BCUT2D eigenvalue weighted by Gasteiger charge is -2.68. The quantitative estimate of drug-likeness (QED) is 0.0200. The van der Waals surface area contributed by atoms with Gasteiger partial charge >= 0.3 is 35.8 Å². The average molecular weight is 1420 g/mol. The van der Waals surface area contributed by atoms with Gasteiger partial charge in [0.25, 0.3) is 0 Å². The predicted molar refractivity (Wildman–Crippen MR) is 390 cm³/mol. The molecule has 2 heterocycles. The van der Waals surface area contributed by atoms with Crippen LogP contribution in [0, 0.1) is 55.3 Å². The van der Waals surface area contributed by atoms with E-state index in [-0.39, 0.29) is 43.9 Å². The number of likely N-dealkylation sites (N-methyl/N-ethyl adjacent to an activating group) is 1. The first kappa shape index (κ1) is 79.8. The molecule has 19 nitrogen and oxygen atoms in total. The second-order valence-corrected chi connectivity index (χ2v) is 32.0. The van der Waals surface area contributed by atoms with Crippen LogP contribution in [0.2, 0.25) is 0 Å². The summed E-state index contributed by atoms with van der Waals surface area (Å²) in [5.74, 6) is -3.97. The molecule has 5 aliphatic rings. The van der Waals surface area contributed by atoms with Gasteiger partial charge in [0.2, 0.25) is 6.10 Å². The SMILES string of the molecule is CC(=O)O[C@H]1C(=O)[C@]2(C)[C@@H](OC(=O)CN(C)C)C[C@H]3OC[C@@]3(OC(C)=O)[C@H]2[C@H](OCc2ccccc2)[C@]2(O)C[C@H](OC(=O)[C@H](OC(=O)CCC(=O)Oc3c(C)c(C)c4c(c3C)OC(C)(CCC[C@@H](C)CCC[C@@H](C)CCCC(C)C)CC4)[C@@H](NCc3ccccc3)c3ccccc3)C(C)=C1C2(C)C. The molecule has 19 heteroatoms. The van der Waals surface area contributed by atoms with E-state index in [2.05, 4.69) is 39.9 Å². The second-order valence-electron chi connectivity index (χ2n) is 32.0. The molecular weight excluding hydrogens is 1310 g/mol. The maximum absolute atomic E-state index is 16.6. The maximum Gasteiger partial charge on any atom is 0.350 e. The van der Waals surface area contributed by atoms with E-state index >= 15 is 9.59 Å². The van der Waals surface area contributed by atoms with Crippen LogP contribution in [0.3, 0.4) is 0 Å². The number of ether oxygens (including phenoxy) is 9. The van der Waals surface area contributed by atoms with E-state index in [0.717, 1.165) is 78.9 Å². The summed E-state index contributed by atoms with van der Waals surface area (Å²) in [6.45, 7) is 25.9. The van der Waals surface area contributed by atoms with E-state index in [1.807, 2.05) is 81.4 Å².